The molecule has 1 aliphatic heterocycles. The number of nitrogens with two attached hydrogens (primary N) is 1. The maximum absolute atomic E-state index is 12.6. The van der Waals surface area contributed by atoms with Gasteiger partial charge in [0.1, 0.15) is 0 Å². The van der Waals surface area contributed by atoms with E-state index in [1.54, 1.807) is 0 Å². The van der Waals surface area contributed by atoms with Gasteiger partial charge in [-0.15, -0.1) is 0 Å². The van der Waals surface area contributed by atoms with Crippen molar-refractivity contribution in [3.63, 3.8) is 0 Å². The van der Waals surface area contributed by atoms with Crippen LogP contribution >= 0.6 is 0 Å². The lowest BCUT2D eigenvalue weighted by atomic mass is 9.98. The number of hydrogen-bond acceptors (Lipinski definition) is 3. The van der Waals surface area contributed by atoms with Crippen LogP contribution < -0.4 is 16.0 Å². The van der Waals surface area contributed by atoms with Gasteiger partial charge < -0.3 is 16.0 Å². The molecule has 1 aliphatic carbocycles. The number of alkyl halides is 3. The fourth-order valence-corrected chi connectivity index (χ4v) is 3.82. The number of fused-ring (bicyclic) bond motifs is 1. The Labute approximate surface area is 132 Å². The number of carbonyl (C=O) groups is 1. The van der Waals surface area contributed by atoms with Crippen LogP contribution in [-0.4, -0.2) is 31.6 Å². The molecular formula is C16H20F3N3O. The topological polar surface area (TPSA) is 58.4 Å². The van der Waals surface area contributed by atoms with E-state index < -0.39 is 11.7 Å². The number of benzene rings is 1. The molecule has 0 aromatic heterocycles. The summed E-state index contributed by atoms with van der Waals surface area (Å²) in [5.74, 6) is 0.561. The summed E-state index contributed by atoms with van der Waals surface area (Å²) in [7, 11) is 0. The highest BCUT2D eigenvalue weighted by atomic mass is 19.4. The highest BCUT2D eigenvalue weighted by Gasteiger charge is 2.42. The lowest BCUT2D eigenvalue weighted by Gasteiger charge is -2.23. The molecule has 4 nitrogen and oxygen atoms in total. The molecule has 1 amide bonds. The zero-order chi connectivity index (χ0) is 16.6. The van der Waals surface area contributed by atoms with Gasteiger partial charge in [-0.1, -0.05) is 0 Å². The van der Waals surface area contributed by atoms with Crippen molar-refractivity contribution in [2.24, 2.45) is 17.6 Å². The second-order valence-electron chi connectivity index (χ2n) is 6.40. The summed E-state index contributed by atoms with van der Waals surface area (Å²) in [5, 5.41) is 3.20. The lowest BCUT2D eigenvalue weighted by molar-refractivity contribution is -0.137. The van der Waals surface area contributed by atoms with E-state index in [-0.39, 0.29) is 18.5 Å². The van der Waals surface area contributed by atoms with Gasteiger partial charge in [-0.2, -0.15) is 13.2 Å². The summed E-state index contributed by atoms with van der Waals surface area (Å²) in [6, 6.07) is 5.59. The van der Waals surface area contributed by atoms with Crippen LogP contribution in [0.15, 0.2) is 24.3 Å². The first-order valence-corrected chi connectivity index (χ1v) is 7.78. The fourth-order valence-electron chi connectivity index (χ4n) is 3.82. The molecule has 2 aliphatic rings. The van der Waals surface area contributed by atoms with Gasteiger partial charge in [0.25, 0.3) is 0 Å². The van der Waals surface area contributed by atoms with Crippen molar-refractivity contribution < 1.29 is 18.0 Å². The number of anilines is 1. The Morgan fingerprint density at radius 1 is 1.22 bits per heavy atom. The number of amides is 1. The first-order chi connectivity index (χ1) is 10.8. The van der Waals surface area contributed by atoms with Crippen LogP contribution in [-0.2, 0) is 11.0 Å². The summed E-state index contributed by atoms with van der Waals surface area (Å²) in [4.78, 5) is 13.0. The van der Waals surface area contributed by atoms with Crippen molar-refractivity contribution in [3.8, 4) is 0 Å². The molecule has 3 rings (SSSR count). The van der Waals surface area contributed by atoms with Gasteiger partial charge in [0.05, 0.1) is 12.1 Å². The summed E-state index contributed by atoms with van der Waals surface area (Å²) < 4.78 is 37.9. The average molecular weight is 327 g/mol. The molecule has 0 bridgehead atoms. The average Bonchev–Trinajstić information content (AvgIpc) is 3.05. The van der Waals surface area contributed by atoms with Gasteiger partial charge in [0.2, 0.25) is 5.91 Å². The lowest BCUT2D eigenvalue weighted by Crippen LogP contribution is -2.40. The number of nitrogens with zero attached hydrogens (tertiary/aromatic N) is 1. The zero-order valence-electron chi connectivity index (χ0n) is 12.6. The van der Waals surface area contributed by atoms with Crippen molar-refractivity contribution in [2.75, 3.05) is 24.5 Å². The van der Waals surface area contributed by atoms with E-state index >= 15 is 0 Å². The molecular weight excluding hydrogens is 307 g/mol. The second-order valence-corrected chi connectivity index (χ2v) is 6.40. The normalized spacial score (nSPS) is 27.3. The third kappa shape index (κ3) is 3.44. The van der Waals surface area contributed by atoms with Crippen LogP contribution in [0.25, 0.3) is 0 Å². The first-order valence-electron chi connectivity index (χ1n) is 7.78. The molecule has 3 N–H and O–H groups in total. The molecule has 0 unspecified atom stereocenters. The Morgan fingerprint density at radius 3 is 2.52 bits per heavy atom. The van der Waals surface area contributed by atoms with Crippen LogP contribution in [0.2, 0.25) is 0 Å². The van der Waals surface area contributed by atoms with Gasteiger partial charge in [0, 0.05) is 24.8 Å². The molecule has 1 saturated carbocycles. The number of nitrogens with one attached hydrogen (secondary N) is 1. The third-order valence-corrected chi connectivity index (χ3v) is 4.96. The Morgan fingerprint density at radius 2 is 1.91 bits per heavy atom. The van der Waals surface area contributed by atoms with E-state index in [9.17, 15) is 18.0 Å². The predicted molar refractivity (Wildman–Crippen MR) is 80.9 cm³/mol. The van der Waals surface area contributed by atoms with Crippen molar-refractivity contribution in [1.82, 2.24) is 5.32 Å². The molecule has 0 radical (unpaired) electrons. The van der Waals surface area contributed by atoms with E-state index in [0.717, 1.165) is 43.8 Å². The van der Waals surface area contributed by atoms with Crippen LogP contribution in [0.3, 0.4) is 0 Å². The van der Waals surface area contributed by atoms with Gasteiger partial charge in [0.15, 0.2) is 0 Å². The Balaban J connectivity index is 1.64. The van der Waals surface area contributed by atoms with Gasteiger partial charge in [-0.25, -0.2) is 0 Å². The maximum atomic E-state index is 12.6. The summed E-state index contributed by atoms with van der Waals surface area (Å²) in [6.45, 7) is 1.82. The first kappa shape index (κ1) is 16.1. The maximum Gasteiger partial charge on any atom is 0.416 e. The van der Waals surface area contributed by atoms with E-state index in [2.05, 4.69) is 10.2 Å². The molecule has 1 saturated heterocycles. The smallest absolute Gasteiger partial charge is 0.371 e. The Bertz CT molecular complexity index is 573. The predicted octanol–water partition coefficient (Wildman–Crippen LogP) is 2.00. The number of hydrogen-bond donors (Lipinski definition) is 2. The molecule has 2 fully saturated rings. The van der Waals surface area contributed by atoms with E-state index in [1.165, 1.54) is 12.1 Å². The van der Waals surface area contributed by atoms with Crippen molar-refractivity contribution in [3.05, 3.63) is 29.8 Å². The van der Waals surface area contributed by atoms with Crippen LogP contribution in [0.5, 0.6) is 0 Å². The highest BCUT2D eigenvalue weighted by Crippen LogP contribution is 2.40. The molecule has 7 heteroatoms. The molecule has 1 aromatic rings. The minimum absolute atomic E-state index is 0.175. The molecule has 1 aromatic carbocycles. The SMILES string of the molecule is NC(=O)CN[C@H]1CC[C@@H]2CN(c3ccc(C(F)(F)F)cc3)C[C@@H]21. The van der Waals surface area contributed by atoms with Gasteiger partial charge >= 0.3 is 6.18 Å². The number of primary amides is 1. The Hall–Kier alpha value is -1.76. The summed E-state index contributed by atoms with van der Waals surface area (Å²) in [6.07, 6.45) is -2.22. The fraction of sp³-hybridized carbons (Fsp3) is 0.562. The summed E-state index contributed by atoms with van der Waals surface area (Å²) in [5.41, 5.74) is 5.37. The van der Waals surface area contributed by atoms with Crippen LogP contribution in [0, 0.1) is 11.8 Å². The minimum Gasteiger partial charge on any atom is -0.371 e. The number of rotatable bonds is 4. The third-order valence-electron chi connectivity index (χ3n) is 4.96. The van der Waals surface area contributed by atoms with Crippen LogP contribution in [0.4, 0.5) is 18.9 Å². The molecule has 0 spiro atoms. The zero-order valence-corrected chi connectivity index (χ0v) is 12.6. The monoisotopic (exact) mass is 327 g/mol. The number of halogens is 3. The van der Waals surface area contributed by atoms with Crippen molar-refractivity contribution in [2.45, 2.75) is 25.1 Å². The highest BCUT2D eigenvalue weighted by molar-refractivity contribution is 5.75. The van der Waals surface area contributed by atoms with E-state index in [0.29, 0.717) is 11.8 Å². The van der Waals surface area contributed by atoms with E-state index in [1.807, 2.05) is 0 Å². The van der Waals surface area contributed by atoms with Gasteiger partial charge in [-0.05, 0) is 48.9 Å². The molecule has 3 atom stereocenters. The Kier molecular flexibility index (Phi) is 4.23. The largest absolute Gasteiger partial charge is 0.416 e. The minimum atomic E-state index is -4.30. The standard InChI is InChI=1S/C16H20F3N3O/c17-16(18,19)11-2-4-12(5-3-11)22-8-10-1-6-14(13(10)9-22)21-7-15(20)23/h2-5,10,13-14,21H,1,6-9H2,(H2,20,23)/t10-,13+,14+/m1/s1. The summed E-state index contributed by atoms with van der Waals surface area (Å²) >= 11 is 0. The van der Waals surface area contributed by atoms with Gasteiger partial charge in [-0.3, -0.25) is 4.79 Å². The van der Waals surface area contributed by atoms with E-state index in [4.69, 9.17) is 5.73 Å². The molecule has 23 heavy (non-hydrogen) atoms. The molecule has 126 valence electrons. The second kappa shape index (κ2) is 6.03. The number of carbonyl (C=O) groups excluding carboxylic acids is 1. The van der Waals surface area contributed by atoms with Crippen LogP contribution in [0.1, 0.15) is 18.4 Å². The van der Waals surface area contributed by atoms with Crippen molar-refractivity contribution in [1.29, 1.82) is 0 Å². The quantitative estimate of drug-likeness (QED) is 0.889. The van der Waals surface area contributed by atoms with Crippen molar-refractivity contribution >= 4 is 11.6 Å². The molecule has 1 heterocycles.